The Kier molecular flexibility index (Phi) is 6.73. The van der Waals surface area contributed by atoms with E-state index in [1.165, 1.54) is 0 Å². The fourth-order valence-corrected chi connectivity index (χ4v) is 2.78. The van der Waals surface area contributed by atoms with Crippen LogP contribution < -0.4 is 0 Å². The number of rotatable bonds is 9. The molecule has 0 spiro atoms. The van der Waals surface area contributed by atoms with Crippen molar-refractivity contribution in [3.63, 3.8) is 0 Å². The van der Waals surface area contributed by atoms with Crippen LogP contribution in [0.1, 0.15) is 28.7 Å². The Morgan fingerprint density at radius 2 is 1.46 bits per heavy atom. The molecule has 4 nitrogen and oxygen atoms in total. The summed E-state index contributed by atoms with van der Waals surface area (Å²) in [6, 6.07) is 14.3. The minimum absolute atomic E-state index is 0.126. The molecule has 2 aromatic rings. The Hall–Kier alpha value is -2.88. The van der Waals surface area contributed by atoms with Crippen LogP contribution in [0.4, 0.5) is 0 Å². The number of carbonyl (C=O) groups is 2. The van der Waals surface area contributed by atoms with Gasteiger partial charge in [-0.3, -0.25) is 9.59 Å². The average Bonchev–Trinajstić information content (AvgIpc) is 2.62. The second-order valence-corrected chi connectivity index (χ2v) is 6.15. The van der Waals surface area contributed by atoms with Crippen molar-refractivity contribution < 1.29 is 19.8 Å². The molecule has 0 saturated heterocycles. The summed E-state index contributed by atoms with van der Waals surface area (Å²) >= 11 is 0. The highest BCUT2D eigenvalue weighted by molar-refractivity contribution is 5.80. The minimum Gasteiger partial charge on any atom is -0.481 e. The maximum absolute atomic E-state index is 11.7. The topological polar surface area (TPSA) is 74.6 Å². The van der Waals surface area contributed by atoms with Crippen LogP contribution in [0, 0.1) is 25.2 Å². The minimum atomic E-state index is -1.12. The second kappa shape index (κ2) is 8.99. The van der Waals surface area contributed by atoms with Gasteiger partial charge in [0.05, 0.1) is 11.8 Å². The molecule has 0 aliphatic carbocycles. The molecule has 133 valence electrons. The molecule has 0 heterocycles. The maximum atomic E-state index is 11.7. The third-order valence-corrected chi connectivity index (χ3v) is 4.34. The Morgan fingerprint density at radius 3 is 1.96 bits per heavy atom. The van der Waals surface area contributed by atoms with Gasteiger partial charge in [-0.1, -0.05) is 61.2 Å². The van der Waals surface area contributed by atoms with Crippen molar-refractivity contribution in [2.45, 2.75) is 12.8 Å². The van der Waals surface area contributed by atoms with E-state index in [1.54, 1.807) is 48.9 Å². The summed E-state index contributed by atoms with van der Waals surface area (Å²) in [6.07, 6.45) is 3.70. The summed E-state index contributed by atoms with van der Waals surface area (Å²) in [4.78, 5) is 23.4. The summed E-state index contributed by atoms with van der Waals surface area (Å²) in [7, 11) is 0. The molecule has 3 radical (unpaired) electrons. The lowest BCUT2D eigenvalue weighted by Gasteiger charge is -2.20. The largest absolute Gasteiger partial charge is 0.481 e. The maximum Gasteiger partial charge on any atom is 0.307 e. The van der Waals surface area contributed by atoms with E-state index in [1.807, 2.05) is 12.1 Å². The number of aliphatic carboxylic acids is 2. The standard InChI is InChI=1S/C22H21O4/c1-3-16-8-10-18(11-9-16)14-20(22(25)26)19(21(23)24)13-12-17-6-4-15(2)5-7-17/h2-12,19-20H,1,13-14H2,(H,23,24)(H,25,26). The summed E-state index contributed by atoms with van der Waals surface area (Å²) in [5, 5.41) is 19.1. The summed E-state index contributed by atoms with van der Waals surface area (Å²) in [6.45, 7) is 9.31. The average molecular weight is 349 g/mol. The first-order valence-corrected chi connectivity index (χ1v) is 8.26. The zero-order valence-corrected chi connectivity index (χ0v) is 14.3. The van der Waals surface area contributed by atoms with Crippen molar-refractivity contribution >= 4 is 18.0 Å². The molecule has 2 aromatic carbocycles. The van der Waals surface area contributed by atoms with Crippen LogP contribution in [-0.2, 0) is 16.0 Å². The molecule has 0 amide bonds. The normalized spacial score (nSPS) is 13.0. The van der Waals surface area contributed by atoms with E-state index in [2.05, 4.69) is 6.58 Å². The van der Waals surface area contributed by atoms with Crippen LogP contribution >= 0.6 is 0 Å². The third-order valence-electron chi connectivity index (χ3n) is 4.34. The molecule has 0 fully saturated rings. The molecule has 0 aliphatic rings. The molecule has 0 bridgehead atoms. The quantitative estimate of drug-likeness (QED) is 0.718. The Bertz CT molecular complexity index is 760. The number of carboxylic acid groups (broad SMARTS) is 2. The molecule has 0 aliphatic heterocycles. The van der Waals surface area contributed by atoms with Gasteiger partial charge >= 0.3 is 11.9 Å². The Labute approximate surface area is 153 Å². The van der Waals surface area contributed by atoms with Crippen LogP contribution in [0.15, 0.2) is 55.1 Å². The Morgan fingerprint density at radius 1 is 0.923 bits per heavy atom. The first-order chi connectivity index (χ1) is 12.4. The van der Waals surface area contributed by atoms with E-state index in [-0.39, 0.29) is 12.8 Å². The van der Waals surface area contributed by atoms with Gasteiger partial charge in [0.25, 0.3) is 0 Å². The van der Waals surface area contributed by atoms with E-state index >= 15 is 0 Å². The van der Waals surface area contributed by atoms with Gasteiger partial charge in [-0.15, -0.1) is 0 Å². The molecule has 2 atom stereocenters. The van der Waals surface area contributed by atoms with Crippen LogP contribution in [0.3, 0.4) is 0 Å². The van der Waals surface area contributed by atoms with Gasteiger partial charge < -0.3 is 10.2 Å². The van der Waals surface area contributed by atoms with Crippen molar-refractivity contribution in [3.05, 3.63) is 90.7 Å². The molecular weight excluding hydrogens is 328 g/mol. The van der Waals surface area contributed by atoms with Crippen LogP contribution in [-0.4, -0.2) is 22.2 Å². The lowest BCUT2D eigenvalue weighted by Crippen LogP contribution is -2.31. The van der Waals surface area contributed by atoms with Crippen LogP contribution in [0.2, 0.25) is 0 Å². The van der Waals surface area contributed by atoms with Gasteiger partial charge in [0.2, 0.25) is 0 Å². The van der Waals surface area contributed by atoms with Crippen molar-refractivity contribution in [3.8, 4) is 0 Å². The van der Waals surface area contributed by atoms with Crippen LogP contribution in [0.5, 0.6) is 0 Å². The smallest absolute Gasteiger partial charge is 0.307 e. The SMILES string of the molecule is [CH]c1ccc([CH]CC(C(=O)O)C(Cc2ccc(C=C)cc2)C(=O)O)cc1. The lowest BCUT2D eigenvalue weighted by atomic mass is 9.83. The highest BCUT2D eigenvalue weighted by Gasteiger charge is 2.33. The van der Waals surface area contributed by atoms with E-state index in [9.17, 15) is 19.8 Å². The van der Waals surface area contributed by atoms with Crippen molar-refractivity contribution in [1.29, 1.82) is 0 Å². The predicted molar refractivity (Wildman–Crippen MR) is 100 cm³/mol. The highest BCUT2D eigenvalue weighted by Crippen LogP contribution is 2.25. The summed E-state index contributed by atoms with van der Waals surface area (Å²) in [5.74, 6) is -4.28. The number of hydrogen-bond donors (Lipinski definition) is 2. The molecule has 0 aromatic heterocycles. The second-order valence-electron chi connectivity index (χ2n) is 6.15. The van der Waals surface area contributed by atoms with Gasteiger partial charge in [-0.2, -0.15) is 0 Å². The molecule has 2 rings (SSSR count). The van der Waals surface area contributed by atoms with E-state index in [0.717, 1.165) is 16.7 Å². The van der Waals surface area contributed by atoms with Gasteiger partial charge in [0.1, 0.15) is 0 Å². The van der Waals surface area contributed by atoms with Crippen LogP contribution in [0.25, 0.3) is 6.08 Å². The number of benzene rings is 2. The van der Waals surface area contributed by atoms with E-state index < -0.39 is 23.8 Å². The van der Waals surface area contributed by atoms with E-state index in [0.29, 0.717) is 5.56 Å². The van der Waals surface area contributed by atoms with Crippen molar-refractivity contribution in [2.24, 2.45) is 11.8 Å². The summed E-state index contributed by atoms with van der Waals surface area (Å²) in [5.41, 5.74) is 3.13. The summed E-state index contributed by atoms with van der Waals surface area (Å²) < 4.78 is 0. The molecule has 4 heteroatoms. The fourth-order valence-electron chi connectivity index (χ4n) is 2.78. The van der Waals surface area contributed by atoms with Gasteiger partial charge in [0.15, 0.2) is 0 Å². The highest BCUT2D eigenvalue weighted by atomic mass is 16.4. The molecule has 26 heavy (non-hydrogen) atoms. The molecule has 0 saturated carbocycles. The molecular formula is C22H21O4. The van der Waals surface area contributed by atoms with Crippen molar-refractivity contribution in [2.75, 3.05) is 0 Å². The van der Waals surface area contributed by atoms with Gasteiger partial charge in [-0.25, -0.2) is 0 Å². The first-order valence-electron chi connectivity index (χ1n) is 8.26. The van der Waals surface area contributed by atoms with Gasteiger partial charge in [0, 0.05) is 0 Å². The number of carboxylic acids is 2. The monoisotopic (exact) mass is 349 g/mol. The van der Waals surface area contributed by atoms with E-state index in [4.69, 9.17) is 6.92 Å². The fraction of sp³-hybridized carbons (Fsp3) is 0.182. The molecule has 2 unspecified atom stereocenters. The number of hydrogen-bond acceptors (Lipinski definition) is 2. The molecule has 2 N–H and O–H groups in total. The Balaban J connectivity index is 2.13. The first kappa shape index (κ1) is 19.4. The zero-order chi connectivity index (χ0) is 19.1. The third kappa shape index (κ3) is 5.31. The van der Waals surface area contributed by atoms with Crippen molar-refractivity contribution in [1.82, 2.24) is 0 Å². The lowest BCUT2D eigenvalue weighted by molar-refractivity contribution is -0.153. The zero-order valence-electron chi connectivity index (χ0n) is 14.3. The van der Waals surface area contributed by atoms with Gasteiger partial charge in [-0.05, 0) is 48.4 Å². The predicted octanol–water partition coefficient (Wildman–Crippen LogP) is 3.98.